The van der Waals surface area contributed by atoms with Crippen LogP contribution in [0.5, 0.6) is 5.75 Å². The summed E-state index contributed by atoms with van der Waals surface area (Å²) in [7, 11) is 0. The molecule has 2 aromatic rings. The standard InChI is InChI=1S/C9H5F2IOS/c10-9(11)5-3-14-8-2-6(12)7(13)1-4(5)8/h1-3,9,13H. The van der Waals surface area contributed by atoms with Gasteiger partial charge in [0.1, 0.15) is 5.75 Å². The highest BCUT2D eigenvalue weighted by atomic mass is 127. The maximum atomic E-state index is 12.5. The summed E-state index contributed by atoms with van der Waals surface area (Å²) in [6, 6.07) is 3.11. The second kappa shape index (κ2) is 3.62. The Balaban J connectivity index is 2.74. The number of phenols is 1. The fraction of sp³-hybridized carbons (Fsp3) is 0.111. The molecule has 1 aromatic heterocycles. The van der Waals surface area contributed by atoms with Crippen molar-refractivity contribution >= 4 is 44.0 Å². The normalized spacial score (nSPS) is 11.4. The van der Waals surface area contributed by atoms with Crippen LogP contribution in [0.2, 0.25) is 0 Å². The predicted molar refractivity (Wildman–Crippen MR) is 61.2 cm³/mol. The highest BCUT2D eigenvalue weighted by Gasteiger charge is 2.14. The molecule has 0 atom stereocenters. The fourth-order valence-corrected chi connectivity index (χ4v) is 2.88. The Morgan fingerprint density at radius 3 is 2.71 bits per heavy atom. The number of rotatable bonds is 1. The smallest absolute Gasteiger partial charge is 0.265 e. The summed E-state index contributed by atoms with van der Waals surface area (Å²) in [6.07, 6.45) is -2.48. The van der Waals surface area contributed by atoms with Gasteiger partial charge in [-0.2, -0.15) is 0 Å². The number of thiophene rings is 1. The van der Waals surface area contributed by atoms with Crippen molar-refractivity contribution in [3.05, 3.63) is 26.6 Å². The Bertz CT molecular complexity index is 481. The second-order valence-corrected chi connectivity index (χ2v) is 4.86. The molecule has 2 rings (SSSR count). The summed E-state index contributed by atoms with van der Waals surface area (Å²) in [4.78, 5) is 0. The van der Waals surface area contributed by atoms with Crippen LogP contribution in [0.3, 0.4) is 0 Å². The number of hydrogen-bond donors (Lipinski definition) is 1. The molecule has 0 aliphatic heterocycles. The highest BCUT2D eigenvalue weighted by molar-refractivity contribution is 14.1. The first-order valence-electron chi connectivity index (χ1n) is 3.77. The lowest BCUT2D eigenvalue weighted by atomic mass is 10.2. The van der Waals surface area contributed by atoms with Crippen molar-refractivity contribution in [3.63, 3.8) is 0 Å². The molecule has 0 spiro atoms. The number of benzene rings is 1. The molecule has 5 heteroatoms. The minimum absolute atomic E-state index is 0.00306. The molecule has 74 valence electrons. The zero-order valence-corrected chi connectivity index (χ0v) is 9.77. The lowest BCUT2D eigenvalue weighted by Crippen LogP contribution is -1.81. The van der Waals surface area contributed by atoms with E-state index in [1.807, 2.05) is 22.6 Å². The van der Waals surface area contributed by atoms with Crippen LogP contribution in [0.1, 0.15) is 12.0 Å². The fourth-order valence-electron chi connectivity index (χ4n) is 1.23. The Morgan fingerprint density at radius 2 is 2.07 bits per heavy atom. The Kier molecular flexibility index (Phi) is 2.61. The van der Waals surface area contributed by atoms with Crippen molar-refractivity contribution in [1.82, 2.24) is 0 Å². The molecule has 0 saturated heterocycles. The van der Waals surface area contributed by atoms with Crippen LogP contribution in [-0.4, -0.2) is 5.11 Å². The number of halogens is 3. The van der Waals surface area contributed by atoms with Gasteiger partial charge in [-0.1, -0.05) is 0 Å². The Labute approximate surface area is 96.5 Å². The van der Waals surface area contributed by atoms with Gasteiger partial charge in [-0.25, -0.2) is 8.78 Å². The maximum absolute atomic E-state index is 12.5. The first-order chi connectivity index (χ1) is 6.59. The Hall–Kier alpha value is -0.430. The molecule has 0 unspecified atom stereocenters. The molecule has 1 aromatic carbocycles. The van der Waals surface area contributed by atoms with E-state index < -0.39 is 6.43 Å². The van der Waals surface area contributed by atoms with Gasteiger partial charge in [-0.05, 0) is 34.7 Å². The van der Waals surface area contributed by atoms with Crippen LogP contribution < -0.4 is 0 Å². The summed E-state index contributed by atoms with van der Waals surface area (Å²) in [6.45, 7) is 0. The topological polar surface area (TPSA) is 20.2 Å². The number of hydrogen-bond acceptors (Lipinski definition) is 2. The van der Waals surface area contributed by atoms with Crippen LogP contribution in [0.4, 0.5) is 8.78 Å². The molecular weight excluding hydrogens is 321 g/mol. The van der Waals surface area contributed by atoms with Gasteiger partial charge >= 0.3 is 0 Å². The van der Waals surface area contributed by atoms with E-state index in [0.29, 0.717) is 8.96 Å². The van der Waals surface area contributed by atoms with E-state index in [2.05, 4.69) is 0 Å². The molecule has 0 aliphatic carbocycles. The SMILES string of the molecule is Oc1cc2c(C(F)F)csc2cc1I. The van der Waals surface area contributed by atoms with Gasteiger partial charge in [-0.15, -0.1) is 11.3 Å². The van der Waals surface area contributed by atoms with E-state index in [-0.39, 0.29) is 11.3 Å². The minimum Gasteiger partial charge on any atom is -0.507 e. The lowest BCUT2D eigenvalue weighted by molar-refractivity contribution is 0.153. The number of phenolic OH excluding ortho intramolecular Hbond substituents is 1. The summed E-state index contributed by atoms with van der Waals surface area (Å²) >= 11 is 3.24. The molecule has 1 N–H and O–H groups in total. The van der Waals surface area contributed by atoms with Crippen LogP contribution in [0.15, 0.2) is 17.5 Å². The Morgan fingerprint density at radius 1 is 1.36 bits per heavy atom. The second-order valence-electron chi connectivity index (χ2n) is 2.79. The van der Waals surface area contributed by atoms with Gasteiger partial charge < -0.3 is 5.11 Å². The van der Waals surface area contributed by atoms with Gasteiger partial charge in [0.15, 0.2) is 0 Å². The summed E-state index contributed by atoms with van der Waals surface area (Å²) in [5.41, 5.74) is -0.00306. The van der Waals surface area contributed by atoms with E-state index >= 15 is 0 Å². The van der Waals surface area contributed by atoms with Crippen molar-refractivity contribution < 1.29 is 13.9 Å². The van der Waals surface area contributed by atoms with Gasteiger partial charge in [0, 0.05) is 21.0 Å². The van der Waals surface area contributed by atoms with Crippen molar-refractivity contribution in [3.8, 4) is 5.75 Å². The molecule has 0 bridgehead atoms. The van der Waals surface area contributed by atoms with Crippen LogP contribution in [-0.2, 0) is 0 Å². The van der Waals surface area contributed by atoms with Gasteiger partial charge in [-0.3, -0.25) is 0 Å². The molecule has 0 saturated carbocycles. The quantitative estimate of drug-likeness (QED) is 0.781. The highest BCUT2D eigenvalue weighted by Crippen LogP contribution is 2.36. The van der Waals surface area contributed by atoms with Crippen LogP contribution >= 0.6 is 33.9 Å². The van der Waals surface area contributed by atoms with Crippen molar-refractivity contribution in [2.75, 3.05) is 0 Å². The first-order valence-corrected chi connectivity index (χ1v) is 5.73. The predicted octanol–water partition coefficient (Wildman–Crippen LogP) is 4.15. The van der Waals surface area contributed by atoms with Crippen molar-refractivity contribution in [1.29, 1.82) is 0 Å². The minimum atomic E-state index is -2.48. The third kappa shape index (κ3) is 1.58. The molecule has 0 amide bonds. The third-order valence-corrected chi connectivity index (χ3v) is 3.74. The van der Waals surface area contributed by atoms with E-state index in [4.69, 9.17) is 0 Å². The molecule has 0 fully saturated rings. The largest absolute Gasteiger partial charge is 0.507 e. The molecular formula is C9H5F2IOS. The van der Waals surface area contributed by atoms with Gasteiger partial charge in [0.05, 0.1) is 3.57 Å². The van der Waals surface area contributed by atoms with Crippen LogP contribution in [0.25, 0.3) is 10.1 Å². The van der Waals surface area contributed by atoms with Crippen molar-refractivity contribution in [2.24, 2.45) is 0 Å². The summed E-state index contributed by atoms with van der Waals surface area (Å²) < 4.78 is 26.4. The number of alkyl halides is 2. The van der Waals surface area contributed by atoms with Gasteiger partial charge in [0.2, 0.25) is 0 Å². The molecule has 14 heavy (non-hydrogen) atoms. The maximum Gasteiger partial charge on any atom is 0.265 e. The van der Waals surface area contributed by atoms with Gasteiger partial charge in [0.25, 0.3) is 6.43 Å². The molecule has 0 aliphatic rings. The average molecular weight is 326 g/mol. The summed E-state index contributed by atoms with van der Waals surface area (Å²) in [5, 5.41) is 11.3. The van der Waals surface area contributed by atoms with E-state index in [0.717, 1.165) is 4.70 Å². The zero-order valence-electron chi connectivity index (χ0n) is 6.80. The molecule has 1 nitrogen and oxygen atoms in total. The summed E-state index contributed by atoms with van der Waals surface area (Å²) in [5.74, 6) is 0.0541. The number of aromatic hydroxyl groups is 1. The van der Waals surface area contributed by atoms with E-state index in [9.17, 15) is 13.9 Å². The monoisotopic (exact) mass is 326 g/mol. The van der Waals surface area contributed by atoms with Crippen molar-refractivity contribution in [2.45, 2.75) is 6.43 Å². The van der Waals surface area contributed by atoms with Crippen LogP contribution in [0, 0.1) is 3.57 Å². The first kappa shape index (κ1) is 10.1. The molecule has 0 radical (unpaired) electrons. The number of fused-ring (bicyclic) bond motifs is 1. The zero-order chi connectivity index (χ0) is 10.3. The average Bonchev–Trinajstić information content (AvgIpc) is 2.48. The lowest BCUT2D eigenvalue weighted by Gasteiger charge is -1.99. The van der Waals surface area contributed by atoms with E-state index in [1.54, 1.807) is 6.07 Å². The molecule has 1 heterocycles. The van der Waals surface area contributed by atoms with E-state index in [1.165, 1.54) is 22.8 Å². The third-order valence-electron chi connectivity index (χ3n) is 1.91.